The van der Waals surface area contributed by atoms with Crippen LogP contribution in [0.15, 0.2) is 47.3 Å². The smallest absolute Gasteiger partial charge is 0.272 e. The summed E-state index contributed by atoms with van der Waals surface area (Å²) in [5.74, 6) is -0.291. The molecular formula is C23H27FN4O2. The predicted octanol–water partition coefficient (Wildman–Crippen LogP) is 3.64. The molecule has 6 nitrogen and oxygen atoms in total. The number of nitrogens with zero attached hydrogens (tertiary/aromatic N) is 2. The van der Waals surface area contributed by atoms with Crippen molar-refractivity contribution in [3.05, 3.63) is 58.6 Å². The van der Waals surface area contributed by atoms with Crippen LogP contribution in [-0.4, -0.2) is 54.5 Å². The zero-order valence-electron chi connectivity index (χ0n) is 17.0. The third kappa shape index (κ3) is 4.86. The van der Waals surface area contributed by atoms with Crippen molar-refractivity contribution in [3.8, 4) is 11.3 Å². The standard InChI is InChI=1S/C23H27FN4O2/c24-20-9-8-17(22-18-6-2-3-7-19(18)23(29)27-26-22)16-21(20)25-10-4-1-5-11-28-12-14-30-15-13-28/h2-3,6-9,16,25H,1,4-5,10-15H2,(H,27,29). The van der Waals surface area contributed by atoms with Gasteiger partial charge in [-0.3, -0.25) is 9.69 Å². The molecule has 0 radical (unpaired) electrons. The number of unbranched alkanes of at least 4 members (excludes halogenated alkanes) is 2. The highest BCUT2D eigenvalue weighted by atomic mass is 19.1. The minimum Gasteiger partial charge on any atom is -0.383 e. The third-order valence-electron chi connectivity index (χ3n) is 5.51. The van der Waals surface area contributed by atoms with E-state index in [1.54, 1.807) is 18.2 Å². The van der Waals surface area contributed by atoms with Gasteiger partial charge in [-0.1, -0.05) is 24.6 Å². The SMILES string of the molecule is O=c1[nH]nc(-c2ccc(F)c(NCCCCCN3CCOCC3)c2)c2ccccc12. The van der Waals surface area contributed by atoms with Crippen molar-refractivity contribution in [2.45, 2.75) is 19.3 Å². The molecule has 0 bridgehead atoms. The fourth-order valence-corrected chi connectivity index (χ4v) is 3.83. The minimum atomic E-state index is -0.291. The highest BCUT2D eigenvalue weighted by Gasteiger charge is 2.12. The zero-order chi connectivity index (χ0) is 20.8. The molecule has 1 aliphatic heterocycles. The second-order valence-corrected chi connectivity index (χ2v) is 7.58. The molecule has 7 heteroatoms. The van der Waals surface area contributed by atoms with E-state index in [0.29, 0.717) is 23.3 Å². The van der Waals surface area contributed by atoms with Crippen molar-refractivity contribution in [2.24, 2.45) is 0 Å². The van der Waals surface area contributed by atoms with Crippen LogP contribution in [0.3, 0.4) is 0 Å². The van der Waals surface area contributed by atoms with Gasteiger partial charge in [0.05, 0.1) is 30.0 Å². The van der Waals surface area contributed by atoms with Crippen LogP contribution in [0.4, 0.5) is 10.1 Å². The molecule has 0 amide bonds. The van der Waals surface area contributed by atoms with Crippen molar-refractivity contribution in [1.29, 1.82) is 0 Å². The van der Waals surface area contributed by atoms with Gasteiger partial charge in [-0.25, -0.2) is 9.49 Å². The lowest BCUT2D eigenvalue weighted by atomic mass is 10.0. The van der Waals surface area contributed by atoms with Crippen molar-refractivity contribution in [3.63, 3.8) is 0 Å². The molecule has 30 heavy (non-hydrogen) atoms. The first-order valence-electron chi connectivity index (χ1n) is 10.5. The van der Waals surface area contributed by atoms with Crippen LogP contribution in [0.25, 0.3) is 22.0 Å². The Kier molecular flexibility index (Phi) is 6.71. The van der Waals surface area contributed by atoms with E-state index < -0.39 is 0 Å². The van der Waals surface area contributed by atoms with Crippen LogP contribution < -0.4 is 10.9 Å². The van der Waals surface area contributed by atoms with Crippen LogP contribution in [0.1, 0.15) is 19.3 Å². The van der Waals surface area contributed by atoms with E-state index in [0.717, 1.165) is 63.1 Å². The van der Waals surface area contributed by atoms with E-state index in [9.17, 15) is 9.18 Å². The molecule has 4 rings (SSSR count). The summed E-state index contributed by atoms with van der Waals surface area (Å²) in [7, 11) is 0. The number of benzene rings is 2. The van der Waals surface area contributed by atoms with E-state index in [4.69, 9.17) is 4.74 Å². The van der Waals surface area contributed by atoms with Crippen molar-refractivity contribution < 1.29 is 9.13 Å². The monoisotopic (exact) mass is 410 g/mol. The average molecular weight is 410 g/mol. The summed E-state index contributed by atoms with van der Waals surface area (Å²) in [4.78, 5) is 14.4. The lowest BCUT2D eigenvalue weighted by Gasteiger charge is -2.26. The first-order valence-corrected chi connectivity index (χ1v) is 10.5. The maximum absolute atomic E-state index is 14.3. The molecule has 0 saturated carbocycles. The van der Waals surface area contributed by atoms with Crippen molar-refractivity contribution in [2.75, 3.05) is 44.7 Å². The quantitative estimate of drug-likeness (QED) is 0.555. The highest BCUT2D eigenvalue weighted by Crippen LogP contribution is 2.27. The van der Waals surface area contributed by atoms with E-state index in [1.807, 2.05) is 18.2 Å². The van der Waals surface area contributed by atoms with Gasteiger partial charge in [0.2, 0.25) is 0 Å². The lowest BCUT2D eigenvalue weighted by Crippen LogP contribution is -2.36. The van der Waals surface area contributed by atoms with Crippen molar-refractivity contribution in [1.82, 2.24) is 15.1 Å². The number of halogens is 1. The number of aromatic nitrogens is 2. The lowest BCUT2D eigenvalue weighted by molar-refractivity contribution is 0.0372. The molecule has 2 heterocycles. The van der Waals surface area contributed by atoms with Gasteiger partial charge in [0.25, 0.3) is 5.56 Å². The number of morpholine rings is 1. The Morgan fingerprint density at radius 1 is 1.07 bits per heavy atom. The largest absolute Gasteiger partial charge is 0.383 e. The maximum atomic E-state index is 14.3. The molecule has 0 spiro atoms. The number of nitrogens with one attached hydrogen (secondary N) is 2. The molecule has 158 valence electrons. The molecule has 0 aliphatic carbocycles. The fraction of sp³-hybridized carbons (Fsp3) is 0.391. The Morgan fingerprint density at radius 3 is 2.70 bits per heavy atom. The topological polar surface area (TPSA) is 70.2 Å². The Morgan fingerprint density at radius 2 is 1.87 bits per heavy atom. The first kappa shape index (κ1) is 20.5. The summed E-state index contributed by atoms with van der Waals surface area (Å²) in [5, 5.41) is 11.3. The summed E-state index contributed by atoms with van der Waals surface area (Å²) in [6.07, 6.45) is 3.21. The maximum Gasteiger partial charge on any atom is 0.272 e. The normalized spacial score (nSPS) is 14.8. The minimum absolute atomic E-state index is 0.230. The molecular weight excluding hydrogens is 383 g/mol. The number of aromatic amines is 1. The number of H-pyrrole nitrogens is 1. The number of fused-ring (bicyclic) bond motifs is 1. The summed E-state index contributed by atoms with van der Waals surface area (Å²) in [5.41, 5.74) is 1.63. The second kappa shape index (κ2) is 9.82. The number of anilines is 1. The van der Waals surface area contributed by atoms with Gasteiger partial charge in [0, 0.05) is 30.6 Å². The number of hydrogen-bond acceptors (Lipinski definition) is 5. The van der Waals surface area contributed by atoms with Crippen molar-refractivity contribution >= 4 is 16.5 Å². The highest BCUT2D eigenvalue weighted by molar-refractivity contribution is 5.94. The summed E-state index contributed by atoms with van der Waals surface area (Å²) < 4.78 is 19.7. The van der Waals surface area contributed by atoms with Gasteiger partial charge in [-0.2, -0.15) is 5.10 Å². The fourth-order valence-electron chi connectivity index (χ4n) is 3.83. The Hall–Kier alpha value is -2.77. The summed E-state index contributed by atoms with van der Waals surface area (Å²) in [6, 6.07) is 12.2. The number of hydrogen-bond donors (Lipinski definition) is 2. The van der Waals surface area contributed by atoms with Crippen LogP contribution in [0.2, 0.25) is 0 Å². The summed E-state index contributed by atoms with van der Waals surface area (Å²) in [6.45, 7) is 5.50. The Bertz CT molecular complexity index is 1050. The predicted molar refractivity (Wildman–Crippen MR) is 117 cm³/mol. The molecule has 0 unspecified atom stereocenters. The van der Waals surface area contributed by atoms with E-state index in [-0.39, 0.29) is 11.4 Å². The van der Waals surface area contributed by atoms with Gasteiger partial charge in [-0.05, 0) is 43.7 Å². The molecule has 1 aromatic heterocycles. The van der Waals surface area contributed by atoms with Gasteiger partial charge in [0.1, 0.15) is 5.82 Å². The molecule has 1 saturated heterocycles. The van der Waals surface area contributed by atoms with Crippen LogP contribution in [0.5, 0.6) is 0 Å². The van der Waals surface area contributed by atoms with E-state index in [1.165, 1.54) is 6.07 Å². The number of rotatable bonds is 8. The Balaban J connectivity index is 1.37. The Labute approximate surface area is 175 Å². The molecule has 3 aromatic rings. The van der Waals surface area contributed by atoms with Crippen LogP contribution >= 0.6 is 0 Å². The average Bonchev–Trinajstić information content (AvgIpc) is 2.78. The van der Waals surface area contributed by atoms with Gasteiger partial charge in [0.15, 0.2) is 0 Å². The van der Waals surface area contributed by atoms with Gasteiger partial charge in [-0.15, -0.1) is 0 Å². The molecule has 1 aliphatic rings. The summed E-state index contributed by atoms with van der Waals surface area (Å²) >= 11 is 0. The van der Waals surface area contributed by atoms with Gasteiger partial charge >= 0.3 is 0 Å². The molecule has 0 atom stereocenters. The first-order chi connectivity index (χ1) is 14.7. The molecule has 2 aromatic carbocycles. The third-order valence-corrected chi connectivity index (χ3v) is 5.51. The van der Waals surface area contributed by atoms with E-state index in [2.05, 4.69) is 20.4 Å². The van der Waals surface area contributed by atoms with Crippen LogP contribution in [-0.2, 0) is 4.74 Å². The second-order valence-electron chi connectivity index (χ2n) is 7.58. The van der Waals surface area contributed by atoms with E-state index >= 15 is 0 Å². The molecule has 1 fully saturated rings. The number of ether oxygens (including phenoxy) is 1. The molecule has 2 N–H and O–H groups in total. The van der Waals surface area contributed by atoms with Crippen LogP contribution in [0, 0.1) is 5.82 Å². The zero-order valence-corrected chi connectivity index (χ0v) is 17.0. The van der Waals surface area contributed by atoms with Gasteiger partial charge < -0.3 is 10.1 Å².